The lowest BCUT2D eigenvalue weighted by atomic mass is 9.97. The minimum atomic E-state index is -1.80. The number of unbranched alkanes of at least 4 members (excludes halogenated alkanes) is 24. The van der Waals surface area contributed by atoms with Crippen LogP contribution in [0.4, 0.5) is 0 Å². The maximum atomic E-state index is 13.3. The molecule has 14 heteroatoms. The highest BCUT2D eigenvalue weighted by molar-refractivity contribution is 5.76. The first-order valence-corrected chi connectivity index (χ1v) is 37.1. The molecule has 9 N–H and O–H groups in total. The molecule has 2 aliphatic heterocycles. The number of amides is 1. The Morgan fingerprint density at radius 1 is 0.394 bits per heavy atom. The van der Waals surface area contributed by atoms with E-state index in [1.54, 1.807) is 6.08 Å². The molecule has 0 spiro atoms. The largest absolute Gasteiger partial charge is 0.394 e. The summed E-state index contributed by atoms with van der Waals surface area (Å²) < 4.78 is 22.8. The molecule has 0 aliphatic carbocycles. The molecule has 0 saturated carbocycles. The van der Waals surface area contributed by atoms with E-state index in [4.69, 9.17) is 18.9 Å². The van der Waals surface area contributed by atoms with Crippen molar-refractivity contribution in [3.05, 3.63) is 146 Å². The lowest BCUT2D eigenvalue weighted by Crippen LogP contribution is -2.65. The summed E-state index contributed by atoms with van der Waals surface area (Å²) in [7, 11) is 0. The normalized spacial score (nSPS) is 23.3. The van der Waals surface area contributed by atoms with Gasteiger partial charge in [-0.3, -0.25) is 4.79 Å². The average molecular weight is 1320 g/mol. The Bertz CT molecular complexity index is 2140. The molecule has 0 radical (unpaired) electrons. The lowest BCUT2D eigenvalue weighted by molar-refractivity contribution is -0.359. The van der Waals surface area contributed by atoms with Gasteiger partial charge in [0, 0.05) is 6.42 Å². The zero-order valence-electron chi connectivity index (χ0n) is 58.4. The molecule has 0 aromatic carbocycles. The van der Waals surface area contributed by atoms with Gasteiger partial charge in [0.1, 0.15) is 48.8 Å². The van der Waals surface area contributed by atoms with Crippen LogP contribution in [0.3, 0.4) is 0 Å². The fourth-order valence-electron chi connectivity index (χ4n) is 11.2. The van der Waals surface area contributed by atoms with Crippen LogP contribution >= 0.6 is 0 Å². The van der Waals surface area contributed by atoms with E-state index < -0.39 is 86.8 Å². The number of aliphatic hydroxyl groups is 8. The molecule has 2 fully saturated rings. The number of allylic oxidation sites excluding steroid dienone is 23. The maximum absolute atomic E-state index is 13.3. The smallest absolute Gasteiger partial charge is 0.220 e. The summed E-state index contributed by atoms with van der Waals surface area (Å²) in [6.07, 6.45) is 77.5. The molecule has 2 aliphatic rings. The summed E-state index contributed by atoms with van der Waals surface area (Å²) in [5.41, 5.74) is 0. The third-order valence-electron chi connectivity index (χ3n) is 17.0. The Balaban J connectivity index is 1.69. The first-order valence-electron chi connectivity index (χ1n) is 37.1. The molecule has 0 bridgehead atoms. The second-order valence-electron chi connectivity index (χ2n) is 25.3. The molecule has 2 heterocycles. The van der Waals surface area contributed by atoms with Crippen LogP contribution in [0, 0.1) is 0 Å². The molecule has 14 nitrogen and oxygen atoms in total. The van der Waals surface area contributed by atoms with Crippen LogP contribution in [0.15, 0.2) is 146 Å². The van der Waals surface area contributed by atoms with Gasteiger partial charge in [-0.1, -0.05) is 295 Å². The van der Waals surface area contributed by atoms with Crippen LogP contribution in [0.25, 0.3) is 0 Å². The van der Waals surface area contributed by atoms with Crippen molar-refractivity contribution in [3.63, 3.8) is 0 Å². The minimum absolute atomic E-state index is 0.232. The van der Waals surface area contributed by atoms with Crippen LogP contribution in [0.1, 0.15) is 258 Å². The minimum Gasteiger partial charge on any atom is -0.394 e. The lowest BCUT2D eigenvalue weighted by Gasteiger charge is -2.46. The monoisotopic (exact) mass is 1320 g/mol. The van der Waals surface area contributed by atoms with E-state index in [2.05, 4.69) is 153 Å². The van der Waals surface area contributed by atoms with Crippen LogP contribution in [-0.4, -0.2) is 140 Å². The van der Waals surface area contributed by atoms with Gasteiger partial charge in [0.2, 0.25) is 5.91 Å². The van der Waals surface area contributed by atoms with E-state index in [-0.39, 0.29) is 18.9 Å². The van der Waals surface area contributed by atoms with Crippen molar-refractivity contribution in [3.8, 4) is 0 Å². The number of hydrogen-bond donors (Lipinski definition) is 9. The van der Waals surface area contributed by atoms with E-state index in [0.717, 1.165) is 109 Å². The predicted octanol–water partition coefficient (Wildman–Crippen LogP) is 16.0. The molecule has 12 unspecified atom stereocenters. The average Bonchev–Trinajstić information content (AvgIpc) is 0.794. The number of rotatable bonds is 59. The topological polar surface area (TPSA) is 228 Å². The summed E-state index contributed by atoms with van der Waals surface area (Å²) >= 11 is 0. The van der Waals surface area contributed by atoms with E-state index in [9.17, 15) is 45.6 Å². The number of aliphatic hydroxyl groups excluding tert-OH is 8. The highest BCUT2D eigenvalue weighted by Gasteiger charge is 2.51. The van der Waals surface area contributed by atoms with Gasteiger partial charge in [0.05, 0.1) is 32.0 Å². The van der Waals surface area contributed by atoms with Gasteiger partial charge in [0.25, 0.3) is 0 Å². The zero-order valence-corrected chi connectivity index (χ0v) is 58.4. The quantitative estimate of drug-likeness (QED) is 0.0204. The molecule has 536 valence electrons. The van der Waals surface area contributed by atoms with Gasteiger partial charge in [-0.2, -0.15) is 0 Å². The zero-order chi connectivity index (χ0) is 68.0. The maximum Gasteiger partial charge on any atom is 0.220 e. The van der Waals surface area contributed by atoms with Crippen molar-refractivity contribution in [2.75, 3.05) is 19.8 Å². The van der Waals surface area contributed by atoms with E-state index in [0.29, 0.717) is 6.42 Å². The van der Waals surface area contributed by atoms with Crippen LogP contribution in [0.5, 0.6) is 0 Å². The third-order valence-corrected chi connectivity index (χ3v) is 17.0. The highest BCUT2D eigenvalue weighted by atomic mass is 16.7. The third kappa shape index (κ3) is 45.4. The number of carbonyl (C=O) groups excluding carboxylic acids is 1. The Kier molecular flexibility index (Phi) is 57.1. The summed E-state index contributed by atoms with van der Waals surface area (Å²) in [6, 6.07) is -0.945. The molecule has 2 saturated heterocycles. The first kappa shape index (κ1) is 86.0. The van der Waals surface area contributed by atoms with Crippen molar-refractivity contribution in [2.45, 2.75) is 331 Å². The van der Waals surface area contributed by atoms with Crippen molar-refractivity contribution in [2.24, 2.45) is 0 Å². The van der Waals surface area contributed by atoms with Crippen molar-refractivity contribution < 1.29 is 64.6 Å². The molecular weight excluding hydrogens is 1180 g/mol. The van der Waals surface area contributed by atoms with Gasteiger partial charge in [-0.05, 0) is 103 Å². The Morgan fingerprint density at radius 2 is 0.734 bits per heavy atom. The van der Waals surface area contributed by atoms with Crippen LogP contribution in [-0.2, 0) is 23.7 Å². The van der Waals surface area contributed by atoms with Crippen molar-refractivity contribution in [1.29, 1.82) is 0 Å². The van der Waals surface area contributed by atoms with E-state index in [1.807, 2.05) is 6.08 Å². The fourth-order valence-corrected chi connectivity index (χ4v) is 11.2. The summed E-state index contributed by atoms with van der Waals surface area (Å²) in [5.74, 6) is -0.275. The predicted molar refractivity (Wildman–Crippen MR) is 387 cm³/mol. The van der Waals surface area contributed by atoms with Gasteiger partial charge in [0.15, 0.2) is 12.6 Å². The molecule has 0 aromatic rings. The number of ether oxygens (including phenoxy) is 4. The molecule has 1 amide bonds. The van der Waals surface area contributed by atoms with Crippen molar-refractivity contribution >= 4 is 5.91 Å². The standard InChI is InChI=1S/C80H133NO13/c1-3-5-7-9-11-13-15-17-19-21-23-25-27-28-29-30-31-32-33-34-35-36-37-38-39-40-42-44-46-48-50-52-54-56-58-60-62-64-72(85)81-68(67-91-79-77(90)75(88)78(71(66-83)93-79)94-80-76(89)74(87)73(86)70(65-82)92-80)69(84)63-61-59-57-55-53-51-49-47-45-43-41-26-24-22-20-18-16-14-12-10-8-6-4-2/h5,7,11,13,17,19,23,25,28-29,31-32,34-35,37-38,40,42,46,48,52,54,61,63,68-71,73-80,82-84,86-90H,3-4,6,8-10,12,14-16,18,20-22,24,26-27,30,33,36,39,41,43-45,47,49-51,53,55-60,62,64-67H2,1-2H3,(H,81,85)/b7-5-,13-11-,19-17-,25-23-,29-28-,32-31-,35-34-,38-37-,42-40-,48-46-,54-52-,63-61+. The SMILES string of the molecule is CC/C=C\C/C=C\C/C=C\C/C=C\C/C=C\C/C=C\C/C=C\C/C=C\C/C=C\C/C=C\C/C=C\CCCCCC(=O)NC(COC1OC(CO)C(OC2OC(CO)C(O)C(O)C2O)C(O)C1O)C(O)/C=C/CCCCCCCCCCCCCCCCCCCCCCC. The van der Waals surface area contributed by atoms with Crippen LogP contribution < -0.4 is 5.32 Å². The Hall–Kier alpha value is -4.13. The number of carbonyl (C=O) groups is 1. The molecule has 12 atom stereocenters. The molecular formula is C80H133NO13. The second kappa shape index (κ2) is 62.4. The second-order valence-corrected chi connectivity index (χ2v) is 25.3. The molecule has 94 heavy (non-hydrogen) atoms. The van der Waals surface area contributed by atoms with Crippen molar-refractivity contribution in [1.82, 2.24) is 5.32 Å². The Labute approximate surface area is 570 Å². The van der Waals surface area contributed by atoms with E-state index >= 15 is 0 Å². The summed E-state index contributed by atoms with van der Waals surface area (Å²) in [6.45, 7) is 2.67. The fraction of sp³-hybridized carbons (Fsp3) is 0.688. The Morgan fingerprint density at radius 3 is 1.13 bits per heavy atom. The van der Waals surface area contributed by atoms with Gasteiger partial charge >= 0.3 is 0 Å². The summed E-state index contributed by atoms with van der Waals surface area (Å²) in [5, 5.41) is 87.5. The summed E-state index contributed by atoms with van der Waals surface area (Å²) in [4.78, 5) is 13.3. The van der Waals surface area contributed by atoms with Gasteiger partial charge in [-0.25, -0.2) is 0 Å². The van der Waals surface area contributed by atoms with Gasteiger partial charge < -0.3 is 65.1 Å². The number of nitrogens with one attached hydrogen (secondary N) is 1. The first-order chi connectivity index (χ1) is 46.1. The number of hydrogen-bond acceptors (Lipinski definition) is 13. The van der Waals surface area contributed by atoms with Crippen LogP contribution in [0.2, 0.25) is 0 Å². The van der Waals surface area contributed by atoms with E-state index in [1.165, 1.54) is 122 Å². The van der Waals surface area contributed by atoms with Gasteiger partial charge in [-0.15, -0.1) is 0 Å². The molecule has 0 aromatic heterocycles. The highest BCUT2D eigenvalue weighted by Crippen LogP contribution is 2.30. The molecule has 2 rings (SSSR count).